The Morgan fingerprint density at radius 2 is 2.00 bits per heavy atom. The molecule has 0 unspecified atom stereocenters. The molecule has 10 heavy (non-hydrogen) atoms. The summed E-state index contributed by atoms with van der Waals surface area (Å²) in [6.45, 7) is 1.74. The predicted octanol–water partition coefficient (Wildman–Crippen LogP) is 0.580. The van der Waals surface area contributed by atoms with Crippen molar-refractivity contribution < 1.29 is 8.78 Å². The van der Waals surface area contributed by atoms with E-state index in [9.17, 15) is 8.78 Å². The molecule has 0 heterocycles. The molecule has 0 aromatic rings. The lowest BCUT2D eigenvalue weighted by Crippen LogP contribution is -2.20. The Morgan fingerprint density at radius 1 is 1.30 bits per heavy atom. The zero-order valence-corrected chi connectivity index (χ0v) is 5.95. The van der Waals surface area contributed by atoms with Gasteiger partial charge in [0.05, 0.1) is 0 Å². The summed E-state index contributed by atoms with van der Waals surface area (Å²) in [7, 11) is 0. The average molecular weight is 152 g/mol. The van der Waals surface area contributed by atoms with E-state index in [0.717, 1.165) is 13.0 Å². The third-order valence-corrected chi connectivity index (χ3v) is 1.10. The molecule has 0 radical (unpaired) electrons. The second-order valence-electron chi connectivity index (χ2n) is 2.07. The number of halogens is 2. The van der Waals surface area contributed by atoms with Crippen LogP contribution in [0.25, 0.3) is 0 Å². The normalized spacial score (nSPS) is 10.8. The molecular formula is C6H14F2N2. The topological polar surface area (TPSA) is 38.0 Å². The maximum absolute atomic E-state index is 11.5. The summed E-state index contributed by atoms with van der Waals surface area (Å²) in [6, 6.07) is 0. The molecule has 0 amide bonds. The fraction of sp³-hybridized carbons (Fsp3) is 1.00. The van der Waals surface area contributed by atoms with E-state index in [4.69, 9.17) is 5.73 Å². The Kier molecular flexibility index (Phi) is 6.74. The van der Waals surface area contributed by atoms with E-state index in [-0.39, 0.29) is 6.42 Å². The van der Waals surface area contributed by atoms with Crippen LogP contribution in [0.15, 0.2) is 0 Å². The molecule has 0 aliphatic heterocycles. The van der Waals surface area contributed by atoms with Gasteiger partial charge >= 0.3 is 0 Å². The second kappa shape index (κ2) is 6.89. The summed E-state index contributed by atoms with van der Waals surface area (Å²) in [5.74, 6) is 0. The Morgan fingerprint density at radius 3 is 2.50 bits per heavy atom. The standard InChI is InChI=1S/C6H14F2N2/c7-6(8)2-5-10-4-1-3-9/h6,10H,1-5,9H2. The first-order valence-corrected chi connectivity index (χ1v) is 3.46. The first-order chi connectivity index (χ1) is 4.77. The highest BCUT2D eigenvalue weighted by molar-refractivity contribution is 4.49. The SMILES string of the molecule is NCCCNCCC(F)F. The maximum Gasteiger partial charge on any atom is 0.239 e. The minimum absolute atomic E-state index is 0.0649. The van der Waals surface area contributed by atoms with Crippen LogP contribution in [-0.4, -0.2) is 26.1 Å². The van der Waals surface area contributed by atoms with Crippen LogP contribution in [0.5, 0.6) is 0 Å². The first-order valence-electron chi connectivity index (χ1n) is 3.46. The largest absolute Gasteiger partial charge is 0.330 e. The summed E-state index contributed by atoms with van der Waals surface area (Å²) in [5.41, 5.74) is 5.18. The Bertz CT molecular complexity index is 68.8. The van der Waals surface area contributed by atoms with Crippen LogP contribution >= 0.6 is 0 Å². The number of hydrogen-bond donors (Lipinski definition) is 2. The smallest absolute Gasteiger partial charge is 0.239 e. The van der Waals surface area contributed by atoms with Crippen LogP contribution in [0.1, 0.15) is 12.8 Å². The van der Waals surface area contributed by atoms with Gasteiger partial charge in [0.1, 0.15) is 0 Å². The van der Waals surface area contributed by atoms with E-state index in [1.165, 1.54) is 0 Å². The molecule has 0 spiro atoms. The predicted molar refractivity (Wildman–Crippen MR) is 37.2 cm³/mol. The van der Waals surface area contributed by atoms with Crippen LogP contribution in [0.2, 0.25) is 0 Å². The zero-order chi connectivity index (χ0) is 7.82. The minimum atomic E-state index is -2.19. The van der Waals surface area contributed by atoms with E-state index < -0.39 is 6.43 Å². The van der Waals surface area contributed by atoms with Crippen LogP contribution in [-0.2, 0) is 0 Å². The average Bonchev–Trinajstić information content (AvgIpc) is 1.87. The van der Waals surface area contributed by atoms with Crippen molar-refractivity contribution in [1.82, 2.24) is 5.32 Å². The van der Waals surface area contributed by atoms with Crippen molar-refractivity contribution in [1.29, 1.82) is 0 Å². The van der Waals surface area contributed by atoms with E-state index in [1.807, 2.05) is 0 Å². The molecule has 0 atom stereocenters. The van der Waals surface area contributed by atoms with Gasteiger partial charge in [0.25, 0.3) is 0 Å². The molecule has 3 N–H and O–H groups in total. The number of nitrogens with two attached hydrogens (primary N) is 1. The summed E-state index contributed by atoms with van der Waals surface area (Å²) < 4.78 is 23.0. The van der Waals surface area contributed by atoms with Gasteiger partial charge in [0.2, 0.25) is 6.43 Å². The lowest BCUT2D eigenvalue weighted by atomic mass is 10.4. The van der Waals surface area contributed by atoms with Crippen molar-refractivity contribution in [2.45, 2.75) is 19.3 Å². The number of hydrogen-bond acceptors (Lipinski definition) is 2. The fourth-order valence-corrected chi connectivity index (χ4v) is 0.563. The van der Waals surface area contributed by atoms with Gasteiger partial charge in [-0.25, -0.2) is 8.78 Å². The monoisotopic (exact) mass is 152 g/mol. The fourth-order valence-electron chi connectivity index (χ4n) is 0.563. The summed E-state index contributed by atoms with van der Waals surface area (Å²) in [6.07, 6.45) is -1.40. The third kappa shape index (κ3) is 7.78. The van der Waals surface area contributed by atoms with Gasteiger partial charge in [-0.1, -0.05) is 0 Å². The van der Waals surface area contributed by atoms with Crippen molar-refractivity contribution >= 4 is 0 Å². The van der Waals surface area contributed by atoms with Gasteiger partial charge in [-0.3, -0.25) is 0 Å². The maximum atomic E-state index is 11.5. The molecular weight excluding hydrogens is 138 g/mol. The second-order valence-corrected chi connectivity index (χ2v) is 2.07. The Labute approximate surface area is 59.8 Å². The molecule has 0 rings (SSSR count). The van der Waals surface area contributed by atoms with E-state index in [1.54, 1.807) is 0 Å². The van der Waals surface area contributed by atoms with E-state index in [2.05, 4.69) is 5.32 Å². The molecule has 0 fully saturated rings. The molecule has 0 saturated heterocycles. The number of nitrogens with one attached hydrogen (secondary N) is 1. The highest BCUT2D eigenvalue weighted by atomic mass is 19.3. The Hall–Kier alpha value is -0.220. The van der Waals surface area contributed by atoms with Gasteiger partial charge in [-0.15, -0.1) is 0 Å². The van der Waals surface area contributed by atoms with E-state index in [0.29, 0.717) is 13.1 Å². The summed E-state index contributed by atoms with van der Waals surface area (Å²) in [5, 5.41) is 2.86. The van der Waals surface area contributed by atoms with Crippen LogP contribution in [0, 0.1) is 0 Å². The highest BCUT2D eigenvalue weighted by Gasteiger charge is 1.99. The van der Waals surface area contributed by atoms with Crippen molar-refractivity contribution in [3.05, 3.63) is 0 Å². The lowest BCUT2D eigenvalue weighted by molar-refractivity contribution is 0.137. The molecule has 0 aliphatic carbocycles. The zero-order valence-electron chi connectivity index (χ0n) is 5.95. The van der Waals surface area contributed by atoms with Crippen molar-refractivity contribution in [3.63, 3.8) is 0 Å². The minimum Gasteiger partial charge on any atom is -0.330 e. The number of rotatable bonds is 6. The molecule has 0 aliphatic rings. The summed E-state index contributed by atoms with van der Waals surface area (Å²) in [4.78, 5) is 0. The van der Waals surface area contributed by atoms with Gasteiger partial charge in [-0.05, 0) is 19.5 Å². The van der Waals surface area contributed by atoms with Gasteiger partial charge < -0.3 is 11.1 Å². The third-order valence-electron chi connectivity index (χ3n) is 1.10. The Balaban J connectivity index is 2.77. The van der Waals surface area contributed by atoms with Gasteiger partial charge in [0, 0.05) is 13.0 Å². The van der Waals surface area contributed by atoms with Crippen LogP contribution in [0.4, 0.5) is 8.78 Å². The van der Waals surface area contributed by atoms with Crippen LogP contribution < -0.4 is 11.1 Å². The summed E-state index contributed by atoms with van der Waals surface area (Å²) >= 11 is 0. The molecule has 0 aromatic heterocycles. The highest BCUT2D eigenvalue weighted by Crippen LogP contribution is 1.95. The molecule has 0 bridgehead atoms. The molecule has 0 aromatic carbocycles. The van der Waals surface area contributed by atoms with Gasteiger partial charge in [0.15, 0.2) is 0 Å². The quantitative estimate of drug-likeness (QED) is 0.546. The lowest BCUT2D eigenvalue weighted by Gasteiger charge is -2.01. The molecule has 2 nitrogen and oxygen atoms in total. The van der Waals surface area contributed by atoms with Gasteiger partial charge in [-0.2, -0.15) is 0 Å². The first kappa shape index (κ1) is 9.78. The van der Waals surface area contributed by atoms with Crippen molar-refractivity contribution in [2.75, 3.05) is 19.6 Å². The van der Waals surface area contributed by atoms with Crippen molar-refractivity contribution in [3.8, 4) is 0 Å². The van der Waals surface area contributed by atoms with E-state index >= 15 is 0 Å². The molecule has 4 heteroatoms. The number of alkyl halides is 2. The van der Waals surface area contributed by atoms with Crippen molar-refractivity contribution in [2.24, 2.45) is 5.73 Å². The van der Waals surface area contributed by atoms with Crippen LogP contribution in [0.3, 0.4) is 0 Å². The molecule has 62 valence electrons. The molecule has 0 saturated carbocycles.